The molecule has 1 aliphatic heterocycles. The predicted molar refractivity (Wildman–Crippen MR) is 99.6 cm³/mol. The summed E-state index contributed by atoms with van der Waals surface area (Å²) in [4.78, 5) is 22.0. The molecule has 0 bridgehead atoms. The lowest BCUT2D eigenvalue weighted by Gasteiger charge is -2.35. The average molecular weight is 352 g/mol. The lowest BCUT2D eigenvalue weighted by atomic mass is 10.2. The molecule has 1 fully saturated rings. The maximum atomic E-state index is 12.5. The summed E-state index contributed by atoms with van der Waals surface area (Å²) in [6.07, 6.45) is 1.66. The number of rotatable bonds is 4. The molecule has 0 radical (unpaired) electrons. The van der Waals surface area contributed by atoms with Crippen LogP contribution in [0.2, 0.25) is 0 Å². The van der Waals surface area contributed by atoms with E-state index in [4.69, 9.17) is 5.26 Å². The van der Waals surface area contributed by atoms with Gasteiger partial charge in [-0.15, -0.1) is 11.8 Å². The summed E-state index contributed by atoms with van der Waals surface area (Å²) in [5.74, 6) is 1.44. The number of pyridine rings is 1. The molecule has 1 aliphatic rings. The summed E-state index contributed by atoms with van der Waals surface area (Å²) in [6.45, 7) is 4.91. The zero-order valence-corrected chi connectivity index (χ0v) is 15.0. The zero-order valence-electron chi connectivity index (χ0n) is 14.2. The highest BCUT2D eigenvalue weighted by atomic mass is 32.2. The minimum absolute atomic E-state index is 0.173. The van der Waals surface area contributed by atoms with Crippen LogP contribution in [0.15, 0.2) is 47.5 Å². The topological polar surface area (TPSA) is 60.2 Å². The van der Waals surface area contributed by atoms with Crippen molar-refractivity contribution in [3.8, 4) is 6.07 Å². The van der Waals surface area contributed by atoms with E-state index in [0.717, 1.165) is 23.8 Å². The van der Waals surface area contributed by atoms with Gasteiger partial charge in [0.2, 0.25) is 5.91 Å². The first-order chi connectivity index (χ1) is 12.2. The Bertz CT molecular complexity index is 794. The molecule has 1 saturated heterocycles. The van der Waals surface area contributed by atoms with Crippen molar-refractivity contribution in [3.05, 3.63) is 53.7 Å². The van der Waals surface area contributed by atoms with Gasteiger partial charge in [-0.05, 0) is 30.7 Å². The second-order valence-electron chi connectivity index (χ2n) is 5.94. The summed E-state index contributed by atoms with van der Waals surface area (Å²) in [5, 5.41) is 9.00. The van der Waals surface area contributed by atoms with Gasteiger partial charge in [0.25, 0.3) is 0 Å². The van der Waals surface area contributed by atoms with Gasteiger partial charge in [0.05, 0.1) is 17.4 Å². The highest BCUT2D eigenvalue weighted by molar-refractivity contribution is 8.00. The maximum Gasteiger partial charge on any atom is 0.233 e. The Morgan fingerprint density at radius 3 is 2.72 bits per heavy atom. The predicted octanol–water partition coefficient (Wildman–Crippen LogP) is 2.70. The first-order valence-electron chi connectivity index (χ1n) is 8.24. The summed E-state index contributed by atoms with van der Waals surface area (Å²) < 4.78 is 0. The van der Waals surface area contributed by atoms with E-state index >= 15 is 0 Å². The second kappa shape index (κ2) is 8.04. The van der Waals surface area contributed by atoms with Gasteiger partial charge in [0.15, 0.2) is 0 Å². The Morgan fingerprint density at radius 2 is 2.00 bits per heavy atom. The third kappa shape index (κ3) is 4.31. The van der Waals surface area contributed by atoms with Gasteiger partial charge in [-0.2, -0.15) is 5.26 Å². The van der Waals surface area contributed by atoms with Crippen LogP contribution in [0, 0.1) is 18.3 Å². The van der Waals surface area contributed by atoms with Crippen LogP contribution < -0.4 is 4.90 Å². The number of nitrogens with zero attached hydrogens (tertiary/aromatic N) is 4. The van der Waals surface area contributed by atoms with Crippen LogP contribution in [0.1, 0.15) is 11.1 Å². The van der Waals surface area contributed by atoms with Gasteiger partial charge in [0, 0.05) is 37.3 Å². The molecule has 1 amide bonds. The van der Waals surface area contributed by atoms with Crippen molar-refractivity contribution in [3.63, 3.8) is 0 Å². The van der Waals surface area contributed by atoms with Gasteiger partial charge in [0.1, 0.15) is 5.82 Å². The van der Waals surface area contributed by atoms with Crippen LogP contribution in [0.4, 0.5) is 5.82 Å². The third-order valence-corrected chi connectivity index (χ3v) is 5.44. The van der Waals surface area contributed by atoms with Crippen molar-refractivity contribution in [2.45, 2.75) is 11.8 Å². The highest BCUT2D eigenvalue weighted by Crippen LogP contribution is 2.22. The van der Waals surface area contributed by atoms with Gasteiger partial charge < -0.3 is 9.80 Å². The van der Waals surface area contributed by atoms with Crippen molar-refractivity contribution >= 4 is 23.5 Å². The lowest BCUT2D eigenvalue weighted by molar-refractivity contribution is -0.128. The monoisotopic (exact) mass is 352 g/mol. The molecule has 2 aromatic rings. The number of aromatic nitrogens is 1. The Labute approximate surface area is 152 Å². The van der Waals surface area contributed by atoms with E-state index in [2.05, 4.69) is 35.0 Å². The van der Waals surface area contributed by atoms with Crippen LogP contribution in [-0.2, 0) is 4.79 Å². The molecule has 0 unspecified atom stereocenters. The van der Waals surface area contributed by atoms with E-state index < -0.39 is 0 Å². The van der Waals surface area contributed by atoms with Gasteiger partial charge >= 0.3 is 0 Å². The molecule has 0 N–H and O–H groups in total. The Balaban J connectivity index is 1.52. The lowest BCUT2D eigenvalue weighted by Crippen LogP contribution is -2.49. The van der Waals surface area contributed by atoms with Crippen molar-refractivity contribution in [2.24, 2.45) is 0 Å². The molecule has 0 spiro atoms. The summed E-state index contributed by atoms with van der Waals surface area (Å²) >= 11 is 1.60. The summed E-state index contributed by atoms with van der Waals surface area (Å²) in [5.41, 5.74) is 1.81. The molecular formula is C19H20N4OS. The summed E-state index contributed by atoms with van der Waals surface area (Å²) in [6, 6.07) is 13.8. The first-order valence-corrected chi connectivity index (χ1v) is 9.23. The van der Waals surface area contributed by atoms with E-state index in [-0.39, 0.29) is 5.91 Å². The molecule has 128 valence electrons. The van der Waals surface area contributed by atoms with Crippen molar-refractivity contribution in [1.29, 1.82) is 5.26 Å². The molecular weight excluding hydrogens is 332 g/mol. The van der Waals surface area contributed by atoms with E-state index in [0.29, 0.717) is 24.4 Å². The van der Waals surface area contributed by atoms with Crippen LogP contribution in [-0.4, -0.2) is 47.7 Å². The average Bonchev–Trinajstić information content (AvgIpc) is 2.67. The second-order valence-corrected chi connectivity index (χ2v) is 6.95. The number of hydrogen-bond acceptors (Lipinski definition) is 5. The fourth-order valence-corrected chi connectivity index (χ4v) is 3.73. The quantitative estimate of drug-likeness (QED) is 0.792. The SMILES string of the molecule is Cc1ccccc1SCC(=O)N1CCN(c2cc(C#N)ccn2)CC1. The number of carbonyl (C=O) groups is 1. The molecule has 6 heteroatoms. The standard InChI is InChI=1S/C19H20N4OS/c1-15-4-2-3-5-17(15)25-14-19(24)23-10-8-22(9-11-23)18-12-16(13-20)6-7-21-18/h2-7,12H,8-11,14H2,1H3. The van der Waals surface area contributed by atoms with Gasteiger partial charge in [-0.25, -0.2) is 4.98 Å². The number of nitriles is 1. The highest BCUT2D eigenvalue weighted by Gasteiger charge is 2.22. The van der Waals surface area contributed by atoms with Crippen LogP contribution >= 0.6 is 11.8 Å². The normalized spacial score (nSPS) is 14.2. The number of aryl methyl sites for hydroxylation is 1. The fourth-order valence-electron chi connectivity index (χ4n) is 2.79. The third-order valence-electron chi connectivity index (χ3n) is 4.28. The Kier molecular flexibility index (Phi) is 5.56. The molecule has 3 rings (SSSR count). The van der Waals surface area contributed by atoms with Crippen LogP contribution in [0.25, 0.3) is 0 Å². The number of anilines is 1. The number of piperazine rings is 1. The molecule has 2 heterocycles. The Morgan fingerprint density at radius 1 is 1.24 bits per heavy atom. The number of amides is 1. The number of carbonyl (C=O) groups excluding carboxylic acids is 1. The largest absolute Gasteiger partial charge is 0.353 e. The zero-order chi connectivity index (χ0) is 17.6. The minimum atomic E-state index is 0.173. The minimum Gasteiger partial charge on any atom is -0.353 e. The van der Waals surface area contributed by atoms with Crippen LogP contribution in [0.3, 0.4) is 0 Å². The molecule has 0 aliphatic carbocycles. The van der Waals surface area contributed by atoms with Gasteiger partial charge in [-0.1, -0.05) is 18.2 Å². The fraction of sp³-hybridized carbons (Fsp3) is 0.316. The number of thioether (sulfide) groups is 1. The molecule has 1 aromatic carbocycles. The smallest absolute Gasteiger partial charge is 0.233 e. The Hall–Kier alpha value is -2.52. The van der Waals surface area contributed by atoms with E-state index in [1.165, 1.54) is 5.56 Å². The van der Waals surface area contributed by atoms with E-state index in [1.54, 1.807) is 30.1 Å². The number of hydrogen-bond donors (Lipinski definition) is 0. The van der Waals surface area contributed by atoms with E-state index in [1.807, 2.05) is 17.0 Å². The summed E-state index contributed by atoms with van der Waals surface area (Å²) in [7, 11) is 0. The van der Waals surface area contributed by atoms with E-state index in [9.17, 15) is 4.79 Å². The van der Waals surface area contributed by atoms with Gasteiger partial charge in [-0.3, -0.25) is 4.79 Å². The molecule has 0 saturated carbocycles. The van der Waals surface area contributed by atoms with Crippen molar-refractivity contribution in [1.82, 2.24) is 9.88 Å². The maximum absolute atomic E-state index is 12.5. The molecule has 25 heavy (non-hydrogen) atoms. The number of benzene rings is 1. The van der Waals surface area contributed by atoms with Crippen LogP contribution in [0.5, 0.6) is 0 Å². The van der Waals surface area contributed by atoms with Crippen molar-refractivity contribution < 1.29 is 4.79 Å². The van der Waals surface area contributed by atoms with Crippen molar-refractivity contribution in [2.75, 3.05) is 36.8 Å². The first kappa shape index (κ1) is 17.3. The molecule has 0 atom stereocenters. The molecule has 5 nitrogen and oxygen atoms in total. The molecule has 1 aromatic heterocycles.